The topological polar surface area (TPSA) is 55.8 Å². The number of esters is 1. The van der Waals surface area contributed by atoms with Crippen LogP contribution in [0.1, 0.15) is 79.8 Å². The second-order valence-electron chi connectivity index (χ2n) is 11.8. The Balaban J connectivity index is 1.29. The Morgan fingerprint density at radius 3 is 2.42 bits per heavy atom. The highest BCUT2D eigenvalue weighted by Crippen LogP contribution is 2.49. The Morgan fingerprint density at radius 2 is 1.68 bits per heavy atom. The molecule has 0 amide bonds. The summed E-state index contributed by atoms with van der Waals surface area (Å²) in [6.07, 6.45) is 9.60. The average Bonchev–Trinajstić information content (AvgIpc) is 3.32. The molecule has 4 nitrogen and oxygen atoms in total. The zero-order chi connectivity index (χ0) is 27.9. The number of benzene rings is 3. The van der Waals surface area contributed by atoms with Gasteiger partial charge < -0.3 is 14.6 Å². The lowest BCUT2D eigenvalue weighted by Crippen LogP contribution is -2.29. The van der Waals surface area contributed by atoms with Gasteiger partial charge in [-0.25, -0.2) is 4.79 Å². The predicted octanol–water partition coefficient (Wildman–Crippen LogP) is 8.05. The van der Waals surface area contributed by atoms with Crippen molar-refractivity contribution in [2.45, 2.75) is 83.3 Å². The second-order valence-corrected chi connectivity index (χ2v) is 11.8. The van der Waals surface area contributed by atoms with Gasteiger partial charge in [0.1, 0.15) is 11.9 Å². The Hall–Kier alpha value is -3.11. The lowest BCUT2D eigenvalue weighted by Gasteiger charge is -2.32. The van der Waals surface area contributed by atoms with E-state index in [-0.39, 0.29) is 24.1 Å². The van der Waals surface area contributed by atoms with Crippen LogP contribution in [0.15, 0.2) is 72.8 Å². The third-order valence-corrected chi connectivity index (χ3v) is 9.25. The van der Waals surface area contributed by atoms with Crippen LogP contribution in [0.2, 0.25) is 0 Å². The molecule has 2 aliphatic rings. The molecule has 0 radical (unpaired) electrons. The van der Waals surface area contributed by atoms with Gasteiger partial charge in [0.15, 0.2) is 0 Å². The van der Waals surface area contributed by atoms with Crippen LogP contribution in [0.25, 0.3) is 11.1 Å². The molecule has 1 fully saturated rings. The third kappa shape index (κ3) is 6.61. The molecule has 0 aliphatic heterocycles. The van der Waals surface area contributed by atoms with Crippen LogP contribution in [-0.2, 0) is 17.6 Å². The minimum absolute atomic E-state index is 0.135. The fraction of sp³-hybridized carbons (Fsp3) is 0.472. The maximum atomic E-state index is 13.4. The number of carbonyl (C=O) groups is 1. The average molecular weight is 541 g/mol. The van der Waals surface area contributed by atoms with E-state index in [0.717, 1.165) is 61.8 Å². The van der Waals surface area contributed by atoms with E-state index in [0.29, 0.717) is 17.4 Å². The van der Waals surface area contributed by atoms with Crippen LogP contribution < -0.4 is 4.74 Å². The predicted molar refractivity (Wildman–Crippen MR) is 161 cm³/mol. The molecule has 40 heavy (non-hydrogen) atoms. The second kappa shape index (κ2) is 13.5. The molecule has 1 saturated carbocycles. The smallest absolute Gasteiger partial charge is 0.338 e. The van der Waals surface area contributed by atoms with Crippen molar-refractivity contribution in [3.05, 3.63) is 89.5 Å². The molecule has 0 heterocycles. The van der Waals surface area contributed by atoms with Gasteiger partial charge in [-0.3, -0.25) is 0 Å². The minimum Gasteiger partial charge on any atom is -0.496 e. The fourth-order valence-electron chi connectivity index (χ4n) is 7.07. The number of rotatable bonds is 12. The van der Waals surface area contributed by atoms with Crippen molar-refractivity contribution in [1.82, 2.24) is 0 Å². The Labute approximate surface area is 239 Å². The van der Waals surface area contributed by atoms with Gasteiger partial charge >= 0.3 is 5.97 Å². The molecule has 4 heteroatoms. The molecule has 3 aromatic rings. The highest BCUT2D eigenvalue weighted by molar-refractivity contribution is 5.90. The van der Waals surface area contributed by atoms with Gasteiger partial charge in [-0.2, -0.15) is 0 Å². The van der Waals surface area contributed by atoms with Crippen molar-refractivity contribution < 1.29 is 19.4 Å². The van der Waals surface area contributed by atoms with Crippen molar-refractivity contribution >= 4 is 5.97 Å². The van der Waals surface area contributed by atoms with Gasteiger partial charge in [-0.1, -0.05) is 87.2 Å². The summed E-state index contributed by atoms with van der Waals surface area (Å²) in [6, 6.07) is 24.3. The highest BCUT2D eigenvalue weighted by atomic mass is 16.5. The first-order valence-electron chi connectivity index (χ1n) is 15.3. The van der Waals surface area contributed by atoms with Crippen LogP contribution in [0.3, 0.4) is 0 Å². The molecular weight excluding hydrogens is 496 g/mol. The quantitative estimate of drug-likeness (QED) is 0.187. The number of carbonyl (C=O) groups excluding carboxylic acids is 1. The number of unbranched alkanes of at least 4 members (excludes halogenated alkanes) is 3. The summed E-state index contributed by atoms with van der Waals surface area (Å²) in [6.45, 7) is 2.21. The maximum Gasteiger partial charge on any atom is 0.338 e. The van der Waals surface area contributed by atoms with Gasteiger partial charge in [0, 0.05) is 0 Å². The Bertz CT molecular complexity index is 1240. The van der Waals surface area contributed by atoms with Crippen molar-refractivity contribution in [3.8, 4) is 16.9 Å². The van der Waals surface area contributed by atoms with E-state index >= 15 is 0 Å². The van der Waals surface area contributed by atoms with Crippen LogP contribution in [0.5, 0.6) is 5.75 Å². The van der Waals surface area contributed by atoms with E-state index in [1.54, 1.807) is 7.11 Å². The van der Waals surface area contributed by atoms with E-state index in [4.69, 9.17) is 9.47 Å². The minimum atomic E-state index is -0.284. The van der Waals surface area contributed by atoms with Crippen LogP contribution in [-0.4, -0.2) is 30.4 Å². The molecule has 0 spiro atoms. The summed E-state index contributed by atoms with van der Waals surface area (Å²) in [5.74, 6) is 1.87. The first-order chi connectivity index (χ1) is 19.6. The highest BCUT2D eigenvalue weighted by Gasteiger charge is 2.47. The van der Waals surface area contributed by atoms with Gasteiger partial charge in [-0.15, -0.1) is 0 Å². The summed E-state index contributed by atoms with van der Waals surface area (Å²) in [5, 5.41) is 10.8. The van der Waals surface area contributed by atoms with Crippen molar-refractivity contribution in [3.63, 3.8) is 0 Å². The first kappa shape index (κ1) is 28.4. The van der Waals surface area contributed by atoms with E-state index in [2.05, 4.69) is 37.3 Å². The van der Waals surface area contributed by atoms with Gasteiger partial charge in [0.05, 0.1) is 18.8 Å². The number of methoxy groups -OCH3 is 1. The third-order valence-electron chi connectivity index (χ3n) is 9.25. The molecule has 5 atom stereocenters. The van der Waals surface area contributed by atoms with E-state index in [9.17, 15) is 9.90 Å². The molecule has 0 aromatic heterocycles. The summed E-state index contributed by atoms with van der Waals surface area (Å²) in [5.41, 5.74) is 5.47. The van der Waals surface area contributed by atoms with Crippen LogP contribution in [0.4, 0.5) is 0 Å². The molecule has 3 aromatic carbocycles. The number of hydrogen-bond donors (Lipinski definition) is 1. The summed E-state index contributed by atoms with van der Waals surface area (Å²) >= 11 is 0. The molecule has 212 valence electrons. The summed E-state index contributed by atoms with van der Waals surface area (Å²) < 4.78 is 12.0. The normalized spacial score (nSPS) is 22.3. The van der Waals surface area contributed by atoms with E-state index < -0.39 is 0 Å². The van der Waals surface area contributed by atoms with Gasteiger partial charge in [-0.05, 0) is 96.7 Å². The number of aliphatic hydroxyl groups is 1. The number of ether oxygens (including phenoxy) is 2. The summed E-state index contributed by atoms with van der Waals surface area (Å²) in [7, 11) is 1.74. The van der Waals surface area contributed by atoms with Crippen LogP contribution in [0, 0.1) is 17.8 Å². The van der Waals surface area contributed by atoms with Crippen molar-refractivity contribution in [2.75, 3.05) is 7.11 Å². The van der Waals surface area contributed by atoms with Crippen molar-refractivity contribution in [2.24, 2.45) is 17.8 Å². The van der Waals surface area contributed by atoms with Gasteiger partial charge in [0.25, 0.3) is 0 Å². The van der Waals surface area contributed by atoms with E-state index in [1.165, 1.54) is 30.4 Å². The van der Waals surface area contributed by atoms with Crippen molar-refractivity contribution in [1.29, 1.82) is 0 Å². The molecule has 1 N–H and O–H groups in total. The number of aliphatic hydroxyl groups excluding tert-OH is 1. The molecular formula is C36H44O4. The fourth-order valence-corrected chi connectivity index (χ4v) is 7.07. The number of fused-ring (bicyclic) bond motifs is 2. The molecule has 0 bridgehead atoms. The van der Waals surface area contributed by atoms with E-state index in [1.807, 2.05) is 42.5 Å². The zero-order valence-corrected chi connectivity index (χ0v) is 24.1. The number of hydrogen-bond acceptors (Lipinski definition) is 4. The SMILES string of the molecule is CCCCCC[C@H](O)CC[C@@H]1[C@H]2Cc3cccc(OC)c3C[C@H]2C[C@H]1OC(=O)c1ccc(-c2ccccc2)cc1. The maximum absolute atomic E-state index is 13.4. The standard InChI is InChI=1S/C36H44O4/c1-3-4-5-9-14-30(37)20-21-31-32-22-28-13-10-15-34(39-2)33(28)23-29(32)24-35(31)40-36(38)27-18-16-26(17-19-27)25-11-7-6-8-12-25/h6-8,10-13,15-19,29-32,35,37H,3-5,9,14,20-24H2,1-2H3/t29-,30-,31+,32-,35+/m0/s1. The lowest BCUT2D eigenvalue weighted by molar-refractivity contribution is 0.0137. The largest absolute Gasteiger partial charge is 0.496 e. The molecule has 0 unspecified atom stereocenters. The van der Waals surface area contributed by atoms with Crippen LogP contribution >= 0.6 is 0 Å². The Kier molecular flexibility index (Phi) is 9.59. The molecule has 2 aliphatic carbocycles. The summed E-state index contributed by atoms with van der Waals surface area (Å²) in [4.78, 5) is 13.4. The zero-order valence-electron chi connectivity index (χ0n) is 24.1. The molecule has 5 rings (SSSR count). The first-order valence-corrected chi connectivity index (χ1v) is 15.3. The lowest BCUT2D eigenvalue weighted by atomic mass is 9.73. The Morgan fingerprint density at radius 1 is 0.900 bits per heavy atom. The molecule has 0 saturated heterocycles. The monoisotopic (exact) mass is 540 g/mol. The van der Waals surface area contributed by atoms with Gasteiger partial charge in [0.2, 0.25) is 0 Å².